The van der Waals surface area contributed by atoms with E-state index in [9.17, 15) is 4.79 Å². The van der Waals surface area contributed by atoms with Crippen molar-refractivity contribution in [3.63, 3.8) is 0 Å². The summed E-state index contributed by atoms with van der Waals surface area (Å²) in [4.78, 5) is 29.9. The quantitative estimate of drug-likeness (QED) is 0.343. The first-order valence-electron chi connectivity index (χ1n) is 12.0. The summed E-state index contributed by atoms with van der Waals surface area (Å²) in [7, 11) is 0. The zero-order valence-electron chi connectivity index (χ0n) is 19.5. The molecule has 1 aliphatic carbocycles. The third-order valence-corrected chi connectivity index (χ3v) is 7.16. The van der Waals surface area contributed by atoms with Crippen LogP contribution in [0.25, 0.3) is 27.8 Å². The number of pyridine rings is 1. The minimum absolute atomic E-state index is 0.0167. The number of hydrogen-bond acceptors (Lipinski definition) is 5. The second-order valence-electron chi connectivity index (χ2n) is 9.35. The number of benzene rings is 1. The van der Waals surface area contributed by atoms with Crippen molar-refractivity contribution in [3.05, 3.63) is 72.6 Å². The number of fused-ring (bicyclic) bond motifs is 2. The van der Waals surface area contributed by atoms with Crippen molar-refractivity contribution in [2.24, 2.45) is 5.92 Å². The van der Waals surface area contributed by atoms with Gasteiger partial charge in [-0.25, -0.2) is 9.97 Å². The van der Waals surface area contributed by atoms with Crippen molar-refractivity contribution in [2.45, 2.75) is 38.5 Å². The summed E-state index contributed by atoms with van der Waals surface area (Å²) < 4.78 is 2.08. The van der Waals surface area contributed by atoms with Gasteiger partial charge < -0.3 is 16.0 Å². The largest absolute Gasteiger partial charge is 0.382 e. The maximum Gasteiger partial charge on any atom is 0.227 e. The normalized spacial score (nSPS) is 18.2. The molecule has 4 aromatic heterocycles. The predicted octanol–water partition coefficient (Wildman–Crippen LogP) is 5.08. The smallest absolute Gasteiger partial charge is 0.227 e. The lowest BCUT2D eigenvalue weighted by Gasteiger charge is -2.27. The molecule has 0 saturated heterocycles. The minimum atomic E-state index is -0.0167. The van der Waals surface area contributed by atoms with E-state index in [1.54, 1.807) is 18.6 Å². The number of aromatic nitrogens is 5. The van der Waals surface area contributed by atoms with Gasteiger partial charge in [-0.05, 0) is 56.4 Å². The van der Waals surface area contributed by atoms with Crippen LogP contribution in [0, 0.1) is 12.8 Å². The van der Waals surface area contributed by atoms with Crippen molar-refractivity contribution in [2.75, 3.05) is 11.1 Å². The fourth-order valence-corrected chi connectivity index (χ4v) is 5.21. The molecule has 4 heterocycles. The Morgan fingerprint density at radius 1 is 1.14 bits per heavy atom. The van der Waals surface area contributed by atoms with Gasteiger partial charge in [0, 0.05) is 41.3 Å². The summed E-state index contributed by atoms with van der Waals surface area (Å²) in [6, 6.07) is 12.2. The van der Waals surface area contributed by atoms with Gasteiger partial charge in [-0.3, -0.25) is 14.2 Å². The fraction of sp³-hybridized carbons (Fsp3) is 0.259. The summed E-state index contributed by atoms with van der Waals surface area (Å²) in [6.07, 6.45) is 10.5. The van der Waals surface area contributed by atoms with Crippen LogP contribution in [0.1, 0.15) is 43.0 Å². The van der Waals surface area contributed by atoms with E-state index in [0.29, 0.717) is 5.82 Å². The molecular weight excluding hydrogens is 438 g/mol. The second kappa shape index (κ2) is 8.54. The van der Waals surface area contributed by atoms with Gasteiger partial charge in [0.25, 0.3) is 0 Å². The third-order valence-electron chi connectivity index (χ3n) is 7.16. The van der Waals surface area contributed by atoms with Crippen molar-refractivity contribution < 1.29 is 4.79 Å². The number of anilines is 2. The maximum atomic E-state index is 12.9. The number of para-hydroxylation sites is 1. The number of aromatic amines is 1. The molecule has 6 rings (SSSR count). The zero-order chi connectivity index (χ0) is 23.9. The molecule has 176 valence electrons. The first kappa shape index (κ1) is 21.3. The van der Waals surface area contributed by atoms with Crippen molar-refractivity contribution in [1.82, 2.24) is 24.3 Å². The first-order chi connectivity index (χ1) is 17.1. The molecule has 1 saturated carbocycles. The van der Waals surface area contributed by atoms with Gasteiger partial charge in [0.2, 0.25) is 5.91 Å². The number of carbonyl (C=O) groups excluding carboxylic acids is 1. The average Bonchev–Trinajstić information content (AvgIpc) is 3.48. The second-order valence-corrected chi connectivity index (χ2v) is 9.35. The van der Waals surface area contributed by atoms with Gasteiger partial charge in [0.1, 0.15) is 22.9 Å². The highest BCUT2D eigenvalue weighted by Crippen LogP contribution is 2.39. The van der Waals surface area contributed by atoms with Crippen molar-refractivity contribution in [3.8, 4) is 11.4 Å². The lowest BCUT2D eigenvalue weighted by atomic mass is 9.81. The Labute approximate surface area is 202 Å². The summed E-state index contributed by atoms with van der Waals surface area (Å²) >= 11 is 0. The number of imidazole rings is 1. The van der Waals surface area contributed by atoms with Crippen LogP contribution in [0.4, 0.5) is 11.5 Å². The van der Waals surface area contributed by atoms with E-state index in [0.717, 1.165) is 70.6 Å². The van der Waals surface area contributed by atoms with E-state index in [-0.39, 0.29) is 17.7 Å². The van der Waals surface area contributed by atoms with Crippen LogP contribution in [0.2, 0.25) is 0 Å². The number of rotatable bonds is 4. The summed E-state index contributed by atoms with van der Waals surface area (Å²) in [6.45, 7) is 1.98. The summed E-state index contributed by atoms with van der Waals surface area (Å²) in [5.41, 5.74) is 11.8. The minimum Gasteiger partial charge on any atom is -0.382 e. The highest BCUT2D eigenvalue weighted by atomic mass is 16.1. The highest BCUT2D eigenvalue weighted by Gasteiger charge is 2.31. The van der Waals surface area contributed by atoms with Crippen LogP contribution in [0.3, 0.4) is 0 Å². The van der Waals surface area contributed by atoms with Crippen LogP contribution in [-0.2, 0) is 4.79 Å². The molecule has 0 bridgehead atoms. The van der Waals surface area contributed by atoms with Crippen molar-refractivity contribution in [1.29, 1.82) is 0 Å². The van der Waals surface area contributed by atoms with Gasteiger partial charge in [-0.15, -0.1) is 0 Å². The van der Waals surface area contributed by atoms with Crippen molar-refractivity contribution >= 4 is 33.8 Å². The van der Waals surface area contributed by atoms with E-state index in [4.69, 9.17) is 10.7 Å². The van der Waals surface area contributed by atoms with Crippen LogP contribution < -0.4 is 11.1 Å². The van der Waals surface area contributed by atoms with Gasteiger partial charge >= 0.3 is 0 Å². The molecule has 35 heavy (non-hydrogen) atoms. The lowest BCUT2D eigenvalue weighted by Crippen LogP contribution is -2.27. The molecule has 5 aromatic rings. The monoisotopic (exact) mass is 465 g/mol. The van der Waals surface area contributed by atoms with Gasteiger partial charge in [0.05, 0.1) is 17.6 Å². The molecule has 1 fully saturated rings. The number of H-pyrrole nitrogens is 1. The Kier molecular flexibility index (Phi) is 5.21. The number of aryl methyl sites for hydroxylation is 1. The van der Waals surface area contributed by atoms with Crippen LogP contribution in [0.5, 0.6) is 0 Å². The number of amides is 1. The summed E-state index contributed by atoms with van der Waals surface area (Å²) in [5, 5.41) is 4.19. The van der Waals surface area contributed by atoms with Gasteiger partial charge in [0.15, 0.2) is 0 Å². The molecule has 8 heteroatoms. The standard InChI is InChI=1S/C27H27N7O/c1-16-10-11-29-15-22(16)32-27(35)18-8-6-17(7-9-18)26-33-23(24-25(28)30-12-13-34(24)26)21-14-19-4-2-3-5-20(19)31-21/h2-5,10-15,17-18,31H,6-9H2,1H3,(H2,28,30)(H,32,35)/t17-,18-. The van der Waals surface area contributed by atoms with Gasteiger partial charge in [-0.2, -0.15) is 0 Å². The molecule has 1 aromatic carbocycles. The van der Waals surface area contributed by atoms with E-state index < -0.39 is 0 Å². The predicted molar refractivity (Wildman–Crippen MR) is 137 cm³/mol. The fourth-order valence-electron chi connectivity index (χ4n) is 5.21. The average molecular weight is 466 g/mol. The Balaban J connectivity index is 1.27. The molecular formula is C27H27N7O. The Bertz CT molecular complexity index is 1510. The van der Waals surface area contributed by atoms with Crippen LogP contribution in [0.15, 0.2) is 61.2 Å². The first-order valence-corrected chi connectivity index (χ1v) is 12.0. The Morgan fingerprint density at radius 2 is 1.97 bits per heavy atom. The van der Waals surface area contributed by atoms with E-state index in [2.05, 4.69) is 42.9 Å². The Morgan fingerprint density at radius 3 is 2.77 bits per heavy atom. The number of nitrogens with zero attached hydrogens (tertiary/aromatic N) is 4. The van der Waals surface area contributed by atoms with E-state index in [1.807, 2.05) is 31.3 Å². The zero-order valence-corrected chi connectivity index (χ0v) is 19.5. The third kappa shape index (κ3) is 3.80. The molecule has 0 spiro atoms. The molecule has 1 aliphatic rings. The number of nitrogens with two attached hydrogens (primary N) is 1. The Hall–Kier alpha value is -4.20. The molecule has 8 nitrogen and oxygen atoms in total. The number of hydrogen-bond donors (Lipinski definition) is 3. The summed E-state index contributed by atoms with van der Waals surface area (Å²) in [5.74, 6) is 1.73. The molecule has 0 unspecified atom stereocenters. The van der Waals surface area contributed by atoms with Crippen LogP contribution in [-0.4, -0.2) is 30.2 Å². The SMILES string of the molecule is Cc1ccncc1NC(=O)[C@H]1CC[C@H](c2nc(-c3cc4ccccc4[nH]3)c3c(N)nccn32)CC1. The molecule has 1 amide bonds. The molecule has 0 radical (unpaired) electrons. The molecule has 0 atom stereocenters. The highest BCUT2D eigenvalue weighted by molar-refractivity contribution is 5.93. The number of carbonyl (C=O) groups is 1. The number of nitrogen functional groups attached to an aromatic ring is 1. The maximum absolute atomic E-state index is 12.9. The molecule has 4 N–H and O–H groups in total. The van der Waals surface area contributed by atoms with E-state index >= 15 is 0 Å². The number of nitrogens with one attached hydrogen (secondary N) is 2. The van der Waals surface area contributed by atoms with Gasteiger partial charge in [-0.1, -0.05) is 18.2 Å². The topological polar surface area (TPSA) is 114 Å². The lowest BCUT2D eigenvalue weighted by molar-refractivity contribution is -0.120. The van der Waals surface area contributed by atoms with Crippen LogP contribution >= 0.6 is 0 Å². The molecule has 0 aliphatic heterocycles. The van der Waals surface area contributed by atoms with E-state index in [1.165, 1.54) is 0 Å².